The number of aliphatic hydroxyl groups excluding tert-OH is 1. The van der Waals surface area contributed by atoms with Gasteiger partial charge in [-0.25, -0.2) is 4.39 Å². The third kappa shape index (κ3) is 3.73. The van der Waals surface area contributed by atoms with Gasteiger partial charge in [0.1, 0.15) is 0 Å². The summed E-state index contributed by atoms with van der Waals surface area (Å²) >= 11 is 0. The third-order valence-corrected chi connectivity index (χ3v) is 6.05. The second kappa shape index (κ2) is 8.36. The van der Waals surface area contributed by atoms with Crippen molar-refractivity contribution >= 4 is 11.8 Å². The van der Waals surface area contributed by atoms with Crippen molar-refractivity contribution in [3.8, 4) is 0 Å². The first-order valence-corrected chi connectivity index (χ1v) is 10.1. The van der Waals surface area contributed by atoms with Gasteiger partial charge in [-0.1, -0.05) is 42.5 Å². The minimum absolute atomic E-state index is 0.0206. The number of rotatable bonds is 4. The summed E-state index contributed by atoms with van der Waals surface area (Å²) < 4.78 is 14.1. The Morgan fingerprint density at radius 3 is 2.57 bits per heavy atom. The highest BCUT2D eigenvalue weighted by Crippen LogP contribution is 2.35. The molecule has 2 aromatic rings. The highest BCUT2D eigenvalue weighted by atomic mass is 19.1. The van der Waals surface area contributed by atoms with Crippen LogP contribution in [-0.4, -0.2) is 46.0 Å². The molecule has 4 rings (SSSR count). The van der Waals surface area contributed by atoms with E-state index in [1.165, 1.54) is 12.3 Å². The number of nitrogens with zero attached hydrogens (tertiary/aromatic N) is 2. The lowest BCUT2D eigenvalue weighted by Gasteiger charge is -2.46. The Kier molecular flexibility index (Phi) is 5.63. The van der Waals surface area contributed by atoms with Crippen molar-refractivity contribution in [1.29, 1.82) is 0 Å². The van der Waals surface area contributed by atoms with Gasteiger partial charge in [-0.3, -0.25) is 14.6 Å². The van der Waals surface area contributed by atoms with Gasteiger partial charge in [0, 0.05) is 25.2 Å². The van der Waals surface area contributed by atoms with Crippen molar-refractivity contribution in [2.45, 2.75) is 30.9 Å². The molecule has 2 heterocycles. The fourth-order valence-electron chi connectivity index (χ4n) is 4.33. The molecule has 1 saturated heterocycles. The molecule has 2 atom stereocenters. The molecule has 156 valence electrons. The van der Waals surface area contributed by atoms with Crippen LogP contribution in [0.2, 0.25) is 0 Å². The Morgan fingerprint density at radius 2 is 1.90 bits per heavy atom. The van der Waals surface area contributed by atoms with Crippen LogP contribution in [0.4, 0.5) is 4.39 Å². The number of hydrogen-bond donors (Lipinski definition) is 2. The molecule has 2 N–H and O–H groups in total. The molecule has 7 heteroatoms. The second-order valence-corrected chi connectivity index (χ2v) is 7.84. The van der Waals surface area contributed by atoms with Gasteiger partial charge in [-0.15, -0.1) is 0 Å². The lowest BCUT2D eigenvalue weighted by atomic mass is 9.78. The average molecular weight is 409 g/mol. The minimum atomic E-state index is -1.13. The number of aromatic nitrogens is 1. The zero-order valence-electron chi connectivity index (χ0n) is 16.5. The normalized spacial score (nSPS) is 24.1. The Morgan fingerprint density at radius 1 is 1.17 bits per heavy atom. The van der Waals surface area contributed by atoms with Gasteiger partial charge in [-0.05, 0) is 30.9 Å². The molecule has 0 saturated carbocycles. The highest BCUT2D eigenvalue weighted by Gasteiger charge is 2.46. The van der Waals surface area contributed by atoms with Crippen molar-refractivity contribution < 1.29 is 19.1 Å². The van der Waals surface area contributed by atoms with E-state index < -0.39 is 23.4 Å². The van der Waals surface area contributed by atoms with Gasteiger partial charge in [-0.2, -0.15) is 0 Å². The summed E-state index contributed by atoms with van der Waals surface area (Å²) in [6.07, 6.45) is 7.04. The Balaban J connectivity index is 1.60. The summed E-state index contributed by atoms with van der Waals surface area (Å²) in [5, 5.41) is 14.0. The van der Waals surface area contributed by atoms with Gasteiger partial charge in [0.2, 0.25) is 5.91 Å². The maximum Gasteiger partial charge on any atom is 0.255 e. The number of pyridine rings is 1. The summed E-state index contributed by atoms with van der Waals surface area (Å²) in [5.41, 5.74) is -0.545. The lowest BCUT2D eigenvalue weighted by Crippen LogP contribution is -2.63. The molecule has 0 spiro atoms. The van der Waals surface area contributed by atoms with E-state index >= 15 is 0 Å². The van der Waals surface area contributed by atoms with E-state index in [0.717, 1.165) is 11.8 Å². The second-order valence-electron chi connectivity index (χ2n) is 7.84. The number of allylic oxidation sites excluding steroid dienone is 2. The number of likely N-dealkylation sites (tertiary alicyclic amines) is 1. The van der Waals surface area contributed by atoms with Crippen molar-refractivity contribution in [3.05, 3.63) is 77.9 Å². The average Bonchev–Trinajstić information content (AvgIpc) is 3.30. The quantitative estimate of drug-likeness (QED) is 0.760. The molecule has 0 bridgehead atoms. The third-order valence-electron chi connectivity index (χ3n) is 6.05. The van der Waals surface area contributed by atoms with Crippen LogP contribution in [-0.2, 0) is 10.3 Å². The number of carbonyl (C=O) groups excluding carboxylic acids is 2. The maximum absolute atomic E-state index is 14.1. The fourth-order valence-corrected chi connectivity index (χ4v) is 4.33. The monoisotopic (exact) mass is 409 g/mol. The first-order chi connectivity index (χ1) is 14.5. The molecule has 1 fully saturated rings. The van der Waals surface area contributed by atoms with Crippen molar-refractivity contribution in [3.63, 3.8) is 0 Å². The van der Waals surface area contributed by atoms with Crippen LogP contribution in [0.3, 0.4) is 0 Å². The highest BCUT2D eigenvalue weighted by molar-refractivity contribution is 5.95. The topological polar surface area (TPSA) is 82.5 Å². The number of amides is 2. The van der Waals surface area contributed by atoms with Gasteiger partial charge in [0.15, 0.2) is 5.82 Å². The van der Waals surface area contributed by atoms with Crippen LogP contribution in [0.15, 0.2) is 60.9 Å². The first kappa shape index (κ1) is 20.2. The summed E-state index contributed by atoms with van der Waals surface area (Å²) in [6, 6.07) is 10.5. The van der Waals surface area contributed by atoms with Crippen molar-refractivity contribution in [2.75, 3.05) is 13.1 Å². The van der Waals surface area contributed by atoms with Crippen LogP contribution in [0.5, 0.6) is 0 Å². The number of benzene rings is 1. The van der Waals surface area contributed by atoms with E-state index in [4.69, 9.17) is 0 Å². The van der Waals surface area contributed by atoms with Gasteiger partial charge >= 0.3 is 0 Å². The fraction of sp³-hybridized carbons (Fsp3) is 0.348. The zero-order valence-corrected chi connectivity index (χ0v) is 16.5. The number of hydrogen-bond acceptors (Lipinski definition) is 4. The summed E-state index contributed by atoms with van der Waals surface area (Å²) in [4.78, 5) is 31.1. The first-order valence-electron chi connectivity index (χ1n) is 10.1. The van der Waals surface area contributed by atoms with Crippen LogP contribution in [0.25, 0.3) is 0 Å². The SMILES string of the molecule is O=C(N[C@]1(c2ccccc2)CCN(C(=O)C2CC=CC2)C[C@H]1O)c1ccncc1F. The molecular formula is C23H24FN3O3. The van der Waals surface area contributed by atoms with E-state index in [1.54, 1.807) is 4.90 Å². The van der Waals surface area contributed by atoms with Crippen LogP contribution >= 0.6 is 0 Å². The standard InChI is InChI=1S/C23H24FN3O3/c24-19-14-25-12-10-18(19)21(29)26-23(17-8-2-1-3-9-17)11-13-27(15-20(23)28)22(30)16-6-4-5-7-16/h1-5,8-10,12,14,16,20,28H,6-7,11,13,15H2,(H,26,29)/t20-,23+/m1/s1. The van der Waals surface area contributed by atoms with Gasteiger partial charge < -0.3 is 15.3 Å². The molecule has 0 unspecified atom stereocenters. The number of nitrogens with one attached hydrogen (secondary N) is 1. The minimum Gasteiger partial charge on any atom is -0.388 e. The van der Waals surface area contributed by atoms with Gasteiger partial charge in [0.25, 0.3) is 5.91 Å². The van der Waals surface area contributed by atoms with E-state index in [-0.39, 0.29) is 23.9 Å². The molecule has 1 aromatic heterocycles. The smallest absolute Gasteiger partial charge is 0.255 e. The maximum atomic E-state index is 14.1. The Bertz CT molecular complexity index is 957. The zero-order chi connectivity index (χ0) is 21.1. The van der Waals surface area contributed by atoms with Crippen LogP contribution < -0.4 is 5.32 Å². The predicted molar refractivity (Wildman–Crippen MR) is 109 cm³/mol. The largest absolute Gasteiger partial charge is 0.388 e. The molecule has 30 heavy (non-hydrogen) atoms. The lowest BCUT2D eigenvalue weighted by molar-refractivity contribution is -0.141. The van der Waals surface area contributed by atoms with Crippen molar-refractivity contribution in [2.24, 2.45) is 5.92 Å². The molecule has 1 aromatic carbocycles. The molecule has 1 aliphatic heterocycles. The number of halogens is 1. The summed E-state index contributed by atoms with van der Waals surface area (Å²) in [7, 11) is 0. The molecular weight excluding hydrogens is 385 g/mol. The number of piperidine rings is 1. The molecule has 6 nitrogen and oxygen atoms in total. The van der Waals surface area contributed by atoms with Crippen LogP contribution in [0.1, 0.15) is 35.2 Å². The van der Waals surface area contributed by atoms with E-state index in [2.05, 4.69) is 10.3 Å². The Hall–Kier alpha value is -3.06. The van der Waals surface area contributed by atoms with Crippen molar-refractivity contribution in [1.82, 2.24) is 15.2 Å². The molecule has 0 radical (unpaired) electrons. The number of β-amino-alcohol motifs (C(OH)–C–C–N with tert-alkyl or cyclic N) is 1. The van der Waals surface area contributed by atoms with Crippen LogP contribution in [0, 0.1) is 11.7 Å². The molecule has 2 amide bonds. The number of carbonyl (C=O) groups is 2. The summed E-state index contributed by atoms with van der Waals surface area (Å²) in [5.74, 6) is -1.42. The van der Waals surface area contributed by atoms with Gasteiger partial charge in [0.05, 0.1) is 23.4 Å². The molecule has 2 aliphatic rings. The van der Waals surface area contributed by atoms with E-state index in [1.807, 2.05) is 42.5 Å². The molecule has 1 aliphatic carbocycles. The number of aliphatic hydroxyl groups is 1. The summed E-state index contributed by atoms with van der Waals surface area (Å²) in [6.45, 7) is 0.490. The van der Waals surface area contributed by atoms with E-state index in [9.17, 15) is 19.1 Å². The predicted octanol–water partition coefficient (Wildman–Crippen LogP) is 2.41. The van der Waals surface area contributed by atoms with E-state index in [0.29, 0.717) is 25.8 Å². The Labute approximate surface area is 174 Å².